The second kappa shape index (κ2) is 9.51. The Morgan fingerprint density at radius 2 is 1.76 bits per heavy atom. The minimum absolute atomic E-state index is 0.0925. The average molecular weight is 457 g/mol. The minimum Gasteiger partial charge on any atom is -0.349 e. The Morgan fingerprint density at radius 3 is 2.53 bits per heavy atom. The van der Waals surface area contributed by atoms with Crippen LogP contribution < -0.4 is 16.2 Å². The zero-order chi connectivity index (χ0) is 23.5. The normalized spacial score (nSPS) is 14.3. The van der Waals surface area contributed by atoms with Crippen molar-refractivity contribution in [2.75, 3.05) is 5.32 Å². The number of rotatable bonds is 6. The van der Waals surface area contributed by atoms with Gasteiger partial charge >= 0.3 is 0 Å². The van der Waals surface area contributed by atoms with E-state index < -0.39 is 0 Å². The Hall–Kier alpha value is -3.94. The zero-order valence-electron chi connectivity index (χ0n) is 19.2. The maximum Gasteiger partial charge on any atom is 0.275 e. The molecule has 2 aromatic heterocycles. The molecule has 4 aromatic rings. The van der Waals surface area contributed by atoms with E-state index in [1.807, 2.05) is 55.7 Å². The molecule has 0 spiro atoms. The van der Waals surface area contributed by atoms with E-state index in [9.17, 15) is 9.59 Å². The summed E-state index contributed by atoms with van der Waals surface area (Å²) in [6, 6.07) is 15.0. The van der Waals surface area contributed by atoms with E-state index in [-0.39, 0.29) is 24.1 Å². The molecule has 1 aliphatic carbocycles. The van der Waals surface area contributed by atoms with Gasteiger partial charge in [0.05, 0.1) is 23.8 Å². The number of aryl methyl sites for hydroxylation is 1. The molecule has 1 amide bonds. The van der Waals surface area contributed by atoms with E-state index in [4.69, 9.17) is 0 Å². The van der Waals surface area contributed by atoms with Crippen LogP contribution in [0, 0.1) is 0 Å². The van der Waals surface area contributed by atoms with Crippen LogP contribution in [0.1, 0.15) is 48.0 Å². The van der Waals surface area contributed by atoms with Gasteiger partial charge in [-0.3, -0.25) is 14.3 Å². The second-order valence-corrected chi connectivity index (χ2v) is 8.85. The Balaban J connectivity index is 1.49. The molecular formula is C26H28N6O2. The van der Waals surface area contributed by atoms with E-state index in [0.29, 0.717) is 16.8 Å². The standard InChI is InChI=1S/C26H28N6O2/c1-31-17-20(15-27-31)28-24-22-13-7-8-14-23(22)26(34)32(30-24)16-18-9-5-6-12-21(18)25(33)29-19-10-3-2-4-11-19/h5-9,12-15,17,19H,2-4,10-11,16H2,1H3,(H,28,30)(H,29,33). The van der Waals surface area contributed by atoms with Crippen LogP contribution in [0.3, 0.4) is 0 Å². The molecule has 2 aromatic carbocycles. The predicted molar refractivity (Wildman–Crippen MR) is 132 cm³/mol. The quantitative estimate of drug-likeness (QED) is 0.458. The molecule has 2 heterocycles. The average Bonchev–Trinajstić information content (AvgIpc) is 3.27. The lowest BCUT2D eigenvalue weighted by molar-refractivity contribution is 0.0926. The monoisotopic (exact) mass is 456 g/mol. The molecule has 8 nitrogen and oxygen atoms in total. The number of hydrogen-bond donors (Lipinski definition) is 2. The molecule has 0 unspecified atom stereocenters. The molecule has 174 valence electrons. The fourth-order valence-electron chi connectivity index (χ4n) is 4.61. The van der Waals surface area contributed by atoms with Crippen molar-refractivity contribution in [2.24, 2.45) is 7.05 Å². The third-order valence-electron chi connectivity index (χ3n) is 6.36. The van der Waals surface area contributed by atoms with Gasteiger partial charge in [-0.25, -0.2) is 4.68 Å². The van der Waals surface area contributed by atoms with Crippen molar-refractivity contribution < 1.29 is 4.79 Å². The molecule has 0 aliphatic heterocycles. The van der Waals surface area contributed by atoms with Gasteiger partial charge in [0.2, 0.25) is 0 Å². The van der Waals surface area contributed by atoms with Crippen molar-refractivity contribution in [2.45, 2.75) is 44.7 Å². The molecule has 2 N–H and O–H groups in total. The number of aromatic nitrogens is 4. The van der Waals surface area contributed by atoms with Gasteiger partial charge in [0.1, 0.15) is 0 Å². The van der Waals surface area contributed by atoms with E-state index in [1.54, 1.807) is 16.9 Å². The van der Waals surface area contributed by atoms with Gasteiger partial charge in [0.15, 0.2) is 5.82 Å². The van der Waals surface area contributed by atoms with Crippen LogP contribution in [0.15, 0.2) is 65.7 Å². The van der Waals surface area contributed by atoms with Gasteiger partial charge < -0.3 is 10.6 Å². The first-order valence-electron chi connectivity index (χ1n) is 11.7. The van der Waals surface area contributed by atoms with E-state index in [1.165, 1.54) is 11.1 Å². The number of carbonyl (C=O) groups is 1. The van der Waals surface area contributed by atoms with Crippen molar-refractivity contribution in [3.8, 4) is 0 Å². The van der Waals surface area contributed by atoms with E-state index >= 15 is 0 Å². The van der Waals surface area contributed by atoms with Gasteiger partial charge in [0, 0.05) is 30.2 Å². The van der Waals surface area contributed by atoms with Crippen molar-refractivity contribution in [1.29, 1.82) is 0 Å². The highest BCUT2D eigenvalue weighted by Gasteiger charge is 2.19. The first-order valence-corrected chi connectivity index (χ1v) is 11.7. The lowest BCUT2D eigenvalue weighted by Gasteiger charge is -2.23. The fourth-order valence-corrected chi connectivity index (χ4v) is 4.61. The lowest BCUT2D eigenvalue weighted by atomic mass is 9.95. The van der Waals surface area contributed by atoms with E-state index in [2.05, 4.69) is 20.8 Å². The summed E-state index contributed by atoms with van der Waals surface area (Å²) in [5.41, 5.74) is 1.91. The molecule has 34 heavy (non-hydrogen) atoms. The summed E-state index contributed by atoms with van der Waals surface area (Å²) < 4.78 is 3.12. The van der Waals surface area contributed by atoms with Crippen LogP contribution in [0.4, 0.5) is 11.5 Å². The molecule has 0 radical (unpaired) electrons. The summed E-state index contributed by atoms with van der Waals surface area (Å²) in [6.07, 6.45) is 9.11. The zero-order valence-corrected chi connectivity index (χ0v) is 19.2. The number of nitrogens with one attached hydrogen (secondary N) is 2. The molecule has 1 aliphatic rings. The van der Waals surface area contributed by atoms with Crippen LogP contribution in [0.2, 0.25) is 0 Å². The first-order chi connectivity index (χ1) is 16.6. The summed E-state index contributed by atoms with van der Waals surface area (Å²) in [6.45, 7) is 0.194. The third kappa shape index (κ3) is 4.57. The van der Waals surface area contributed by atoms with E-state index in [0.717, 1.165) is 42.3 Å². The molecule has 0 saturated heterocycles. The Bertz CT molecular complexity index is 1380. The highest BCUT2D eigenvalue weighted by atomic mass is 16.2. The Morgan fingerprint density at radius 1 is 1.03 bits per heavy atom. The SMILES string of the molecule is Cn1cc(Nc2nn(Cc3ccccc3C(=O)NC3CCCCC3)c(=O)c3ccccc23)cn1. The van der Waals surface area contributed by atoms with Gasteiger partial charge in [-0.05, 0) is 30.5 Å². The Labute approximate surface area is 197 Å². The largest absolute Gasteiger partial charge is 0.349 e. The number of fused-ring (bicyclic) bond motifs is 1. The number of hydrogen-bond acceptors (Lipinski definition) is 5. The summed E-state index contributed by atoms with van der Waals surface area (Å²) in [7, 11) is 1.84. The fraction of sp³-hybridized carbons (Fsp3) is 0.308. The number of amides is 1. The molecule has 1 saturated carbocycles. The summed E-state index contributed by atoms with van der Waals surface area (Å²) >= 11 is 0. The lowest BCUT2D eigenvalue weighted by Crippen LogP contribution is -2.37. The number of nitrogens with zero attached hydrogens (tertiary/aromatic N) is 4. The van der Waals surface area contributed by atoms with Crippen LogP contribution >= 0.6 is 0 Å². The number of anilines is 2. The summed E-state index contributed by atoms with van der Waals surface area (Å²) in [5, 5.41) is 16.6. The highest BCUT2D eigenvalue weighted by Crippen LogP contribution is 2.23. The van der Waals surface area contributed by atoms with Gasteiger partial charge in [-0.15, -0.1) is 0 Å². The maximum absolute atomic E-state index is 13.3. The molecule has 8 heteroatoms. The molecule has 0 atom stereocenters. The minimum atomic E-state index is -0.199. The first kappa shape index (κ1) is 21.9. The van der Waals surface area contributed by atoms with Crippen LogP contribution in [0.5, 0.6) is 0 Å². The number of carbonyl (C=O) groups excluding carboxylic acids is 1. The van der Waals surface area contributed by atoms with Gasteiger partial charge in [-0.2, -0.15) is 10.2 Å². The maximum atomic E-state index is 13.3. The summed E-state index contributed by atoms with van der Waals surface area (Å²) in [5.74, 6) is 0.470. The smallest absolute Gasteiger partial charge is 0.275 e. The number of benzene rings is 2. The van der Waals surface area contributed by atoms with Crippen LogP contribution in [-0.4, -0.2) is 31.5 Å². The second-order valence-electron chi connectivity index (χ2n) is 8.85. The van der Waals surface area contributed by atoms with Crippen LogP contribution in [-0.2, 0) is 13.6 Å². The van der Waals surface area contributed by atoms with Crippen molar-refractivity contribution >= 4 is 28.2 Å². The molecular weight excluding hydrogens is 428 g/mol. The van der Waals surface area contributed by atoms with Crippen molar-refractivity contribution in [3.05, 3.63) is 82.4 Å². The van der Waals surface area contributed by atoms with Crippen molar-refractivity contribution in [1.82, 2.24) is 24.9 Å². The van der Waals surface area contributed by atoms with Crippen LogP contribution in [0.25, 0.3) is 10.8 Å². The van der Waals surface area contributed by atoms with Crippen molar-refractivity contribution in [3.63, 3.8) is 0 Å². The van der Waals surface area contributed by atoms with Gasteiger partial charge in [-0.1, -0.05) is 55.7 Å². The topological polar surface area (TPSA) is 93.8 Å². The third-order valence-corrected chi connectivity index (χ3v) is 6.36. The highest BCUT2D eigenvalue weighted by molar-refractivity contribution is 5.96. The molecule has 0 bridgehead atoms. The van der Waals surface area contributed by atoms with Gasteiger partial charge in [0.25, 0.3) is 11.5 Å². The Kier molecular flexibility index (Phi) is 6.12. The molecule has 5 rings (SSSR count). The molecule has 1 fully saturated rings. The predicted octanol–water partition coefficient (Wildman–Crippen LogP) is 3.98. The summed E-state index contributed by atoms with van der Waals surface area (Å²) in [4.78, 5) is 26.4.